The zero-order chi connectivity index (χ0) is 15.3. The molecule has 1 aromatic rings. The molecule has 4 heteroatoms. The van der Waals surface area contributed by atoms with Crippen molar-refractivity contribution in [2.75, 3.05) is 20.2 Å². The van der Waals surface area contributed by atoms with Crippen LogP contribution in [0.25, 0.3) is 0 Å². The van der Waals surface area contributed by atoms with Crippen LogP contribution in [0, 0.1) is 5.41 Å². The molecule has 1 atom stereocenters. The van der Waals surface area contributed by atoms with Gasteiger partial charge in [0.15, 0.2) is 0 Å². The molecule has 1 unspecified atom stereocenters. The van der Waals surface area contributed by atoms with Gasteiger partial charge in [-0.15, -0.1) is 0 Å². The van der Waals surface area contributed by atoms with E-state index in [4.69, 9.17) is 4.74 Å². The molecule has 0 aromatic heterocycles. The molecular weight excluding hydrogens is 264 g/mol. The molecule has 1 aliphatic heterocycles. The maximum atomic E-state index is 12.1. The summed E-state index contributed by atoms with van der Waals surface area (Å²) in [5, 5.41) is 6.56. The molecule has 0 spiro atoms. The van der Waals surface area contributed by atoms with Crippen LogP contribution in [0.4, 0.5) is 0 Å². The molecule has 0 bridgehead atoms. The van der Waals surface area contributed by atoms with Crippen LogP contribution in [0.15, 0.2) is 24.3 Å². The molecule has 1 amide bonds. The first kappa shape index (κ1) is 15.8. The summed E-state index contributed by atoms with van der Waals surface area (Å²) in [5.41, 5.74) is 1.21. The third-order valence-electron chi connectivity index (χ3n) is 4.33. The predicted molar refractivity (Wildman–Crippen MR) is 84.5 cm³/mol. The quantitative estimate of drug-likeness (QED) is 0.873. The summed E-state index contributed by atoms with van der Waals surface area (Å²) < 4.78 is 5.18. The number of hydrogen-bond acceptors (Lipinski definition) is 3. The molecule has 1 heterocycles. The minimum atomic E-state index is 0.0615. The molecule has 2 N–H and O–H groups in total. The Morgan fingerprint density at radius 1 is 1.48 bits per heavy atom. The van der Waals surface area contributed by atoms with Gasteiger partial charge in [-0.1, -0.05) is 26.0 Å². The van der Waals surface area contributed by atoms with Gasteiger partial charge in [0.2, 0.25) is 5.91 Å². The van der Waals surface area contributed by atoms with Crippen molar-refractivity contribution in [3.63, 3.8) is 0 Å². The lowest BCUT2D eigenvalue weighted by Gasteiger charge is -2.39. The van der Waals surface area contributed by atoms with Crippen LogP contribution in [-0.2, 0) is 11.2 Å². The Morgan fingerprint density at radius 3 is 3.00 bits per heavy atom. The van der Waals surface area contributed by atoms with Gasteiger partial charge in [-0.3, -0.25) is 4.79 Å². The number of rotatable bonds is 5. The second-order valence-corrected chi connectivity index (χ2v) is 6.43. The van der Waals surface area contributed by atoms with Crippen molar-refractivity contribution in [3.8, 4) is 5.75 Å². The average Bonchev–Trinajstić information content (AvgIpc) is 2.46. The first-order valence-electron chi connectivity index (χ1n) is 7.64. The Kier molecular flexibility index (Phi) is 5.23. The number of piperidine rings is 1. The maximum absolute atomic E-state index is 12.1. The Balaban J connectivity index is 1.84. The van der Waals surface area contributed by atoms with Crippen LogP contribution < -0.4 is 15.4 Å². The summed E-state index contributed by atoms with van der Waals surface area (Å²) in [6, 6.07) is 8.00. The first-order valence-corrected chi connectivity index (χ1v) is 7.64. The third-order valence-corrected chi connectivity index (χ3v) is 4.33. The van der Waals surface area contributed by atoms with Gasteiger partial charge in [-0.2, -0.15) is 0 Å². The van der Waals surface area contributed by atoms with Crippen LogP contribution in [-0.4, -0.2) is 32.1 Å². The topological polar surface area (TPSA) is 50.4 Å². The van der Waals surface area contributed by atoms with Crippen molar-refractivity contribution in [2.45, 2.75) is 39.2 Å². The van der Waals surface area contributed by atoms with Crippen molar-refractivity contribution < 1.29 is 9.53 Å². The molecule has 4 nitrogen and oxygen atoms in total. The fraction of sp³-hybridized carbons (Fsp3) is 0.588. The van der Waals surface area contributed by atoms with E-state index in [0.29, 0.717) is 19.0 Å². The van der Waals surface area contributed by atoms with Gasteiger partial charge < -0.3 is 15.4 Å². The Morgan fingerprint density at radius 2 is 2.29 bits per heavy atom. The minimum absolute atomic E-state index is 0.0615. The predicted octanol–water partition coefficient (Wildman–Crippen LogP) is 2.13. The van der Waals surface area contributed by atoms with E-state index in [1.807, 2.05) is 24.3 Å². The number of ether oxygens (including phenoxy) is 1. The van der Waals surface area contributed by atoms with Crippen LogP contribution in [0.1, 0.15) is 32.3 Å². The summed E-state index contributed by atoms with van der Waals surface area (Å²) in [4.78, 5) is 12.1. The molecule has 21 heavy (non-hydrogen) atoms. The van der Waals surface area contributed by atoms with Gasteiger partial charge in [0.25, 0.3) is 0 Å². The van der Waals surface area contributed by atoms with Crippen LogP contribution in [0.2, 0.25) is 0 Å². The number of nitrogens with one attached hydrogen (secondary N) is 2. The van der Waals surface area contributed by atoms with E-state index >= 15 is 0 Å². The van der Waals surface area contributed by atoms with Crippen molar-refractivity contribution >= 4 is 5.91 Å². The fourth-order valence-electron chi connectivity index (χ4n) is 2.87. The largest absolute Gasteiger partial charge is 0.497 e. The molecule has 1 aliphatic rings. The van der Waals surface area contributed by atoms with E-state index < -0.39 is 0 Å². The molecule has 0 aliphatic carbocycles. The smallest absolute Gasteiger partial charge is 0.224 e. The van der Waals surface area contributed by atoms with E-state index in [1.54, 1.807) is 7.11 Å². The molecule has 1 fully saturated rings. The SMILES string of the molecule is COc1cccc(CC(=O)NCC2NCCCC2(C)C)c1. The lowest BCUT2D eigenvalue weighted by molar-refractivity contribution is -0.120. The number of carbonyl (C=O) groups excluding carboxylic acids is 1. The fourth-order valence-corrected chi connectivity index (χ4v) is 2.87. The Labute approximate surface area is 127 Å². The summed E-state index contributed by atoms with van der Waals surface area (Å²) in [5.74, 6) is 0.849. The normalized spacial score (nSPS) is 20.8. The number of benzene rings is 1. The molecular formula is C17H26N2O2. The number of methoxy groups -OCH3 is 1. The van der Waals surface area contributed by atoms with Gasteiger partial charge in [-0.25, -0.2) is 0 Å². The van der Waals surface area contributed by atoms with Crippen molar-refractivity contribution in [1.29, 1.82) is 0 Å². The van der Waals surface area contributed by atoms with Gasteiger partial charge in [0.05, 0.1) is 13.5 Å². The molecule has 2 rings (SSSR count). The minimum Gasteiger partial charge on any atom is -0.497 e. The van der Waals surface area contributed by atoms with Crippen molar-refractivity contribution in [2.24, 2.45) is 5.41 Å². The number of hydrogen-bond donors (Lipinski definition) is 2. The van der Waals surface area contributed by atoms with Crippen molar-refractivity contribution in [3.05, 3.63) is 29.8 Å². The summed E-state index contributed by atoms with van der Waals surface area (Å²) >= 11 is 0. The lowest BCUT2D eigenvalue weighted by Crippen LogP contribution is -2.52. The summed E-state index contributed by atoms with van der Waals surface area (Å²) in [6.45, 7) is 6.26. The number of amides is 1. The zero-order valence-corrected chi connectivity index (χ0v) is 13.2. The molecule has 116 valence electrons. The highest BCUT2D eigenvalue weighted by Gasteiger charge is 2.31. The van der Waals surface area contributed by atoms with Crippen LogP contribution in [0.5, 0.6) is 5.75 Å². The van der Waals surface area contributed by atoms with Gasteiger partial charge >= 0.3 is 0 Å². The average molecular weight is 290 g/mol. The summed E-state index contributed by atoms with van der Waals surface area (Å²) in [7, 11) is 1.63. The lowest BCUT2D eigenvalue weighted by atomic mass is 9.77. The standard InChI is InChI=1S/C17H26N2O2/c1-17(2)8-5-9-18-15(17)12-19-16(20)11-13-6-4-7-14(10-13)21-3/h4,6-7,10,15,18H,5,8-9,11-12H2,1-3H3,(H,19,20). The number of carbonyl (C=O) groups is 1. The van der Waals surface area contributed by atoms with Gasteiger partial charge in [-0.05, 0) is 42.5 Å². The zero-order valence-electron chi connectivity index (χ0n) is 13.2. The van der Waals surface area contributed by atoms with Gasteiger partial charge in [0.1, 0.15) is 5.75 Å². The van der Waals surface area contributed by atoms with Crippen LogP contribution in [0.3, 0.4) is 0 Å². The molecule has 0 radical (unpaired) electrons. The van der Waals surface area contributed by atoms with E-state index in [1.165, 1.54) is 12.8 Å². The first-order chi connectivity index (χ1) is 10.0. The van der Waals surface area contributed by atoms with Crippen LogP contribution >= 0.6 is 0 Å². The van der Waals surface area contributed by atoms with Gasteiger partial charge in [0, 0.05) is 12.6 Å². The second-order valence-electron chi connectivity index (χ2n) is 6.43. The third kappa shape index (κ3) is 4.46. The molecule has 1 aromatic carbocycles. The second kappa shape index (κ2) is 6.94. The van der Waals surface area contributed by atoms with E-state index in [9.17, 15) is 4.79 Å². The monoisotopic (exact) mass is 290 g/mol. The molecule has 0 saturated carbocycles. The Hall–Kier alpha value is -1.55. The van der Waals surface area contributed by atoms with E-state index in [2.05, 4.69) is 24.5 Å². The molecule has 1 saturated heterocycles. The highest BCUT2D eigenvalue weighted by molar-refractivity contribution is 5.78. The highest BCUT2D eigenvalue weighted by atomic mass is 16.5. The summed E-state index contributed by atoms with van der Waals surface area (Å²) in [6.07, 6.45) is 2.81. The van der Waals surface area contributed by atoms with Crippen molar-refractivity contribution in [1.82, 2.24) is 10.6 Å². The van der Waals surface area contributed by atoms with E-state index in [-0.39, 0.29) is 11.3 Å². The highest BCUT2D eigenvalue weighted by Crippen LogP contribution is 2.29. The Bertz CT molecular complexity index is 485. The van der Waals surface area contributed by atoms with E-state index in [0.717, 1.165) is 17.9 Å². The maximum Gasteiger partial charge on any atom is 0.224 e.